The second kappa shape index (κ2) is 6.62. The molecule has 0 spiro atoms. The van der Waals surface area contributed by atoms with E-state index in [1.165, 1.54) is 36.8 Å². The number of aromatic nitrogens is 1. The number of rotatable bonds is 4. The molecule has 0 unspecified atom stereocenters. The van der Waals surface area contributed by atoms with E-state index in [9.17, 15) is 0 Å². The molecule has 0 radical (unpaired) electrons. The van der Waals surface area contributed by atoms with Crippen LogP contribution >= 0.6 is 11.6 Å². The second-order valence-electron chi connectivity index (χ2n) is 6.96. The molecule has 1 N–H and O–H groups in total. The number of halogens is 1. The molecule has 2 nitrogen and oxygen atoms in total. The Morgan fingerprint density at radius 2 is 1.83 bits per heavy atom. The van der Waals surface area contributed by atoms with Crippen molar-refractivity contribution in [3.63, 3.8) is 0 Å². The third kappa shape index (κ3) is 3.02. The summed E-state index contributed by atoms with van der Waals surface area (Å²) in [6.07, 6.45) is 9.32. The first kappa shape index (κ1) is 15.2. The van der Waals surface area contributed by atoms with E-state index in [0.29, 0.717) is 12.0 Å². The molecule has 23 heavy (non-hydrogen) atoms. The first-order valence-corrected chi connectivity index (χ1v) is 9.08. The molecule has 0 amide bonds. The number of fused-ring (bicyclic) bond motifs is 1. The van der Waals surface area contributed by atoms with E-state index in [0.717, 1.165) is 23.4 Å². The van der Waals surface area contributed by atoms with Crippen molar-refractivity contribution in [2.24, 2.45) is 11.8 Å². The van der Waals surface area contributed by atoms with Gasteiger partial charge in [0.05, 0.1) is 0 Å². The SMILES string of the molecule is Clc1ccc([C@H]2[C@H]3CCCC[C@@H]3[C@@H]2NCc2cccnc2)cc1. The molecule has 3 heteroatoms. The van der Waals surface area contributed by atoms with E-state index in [1.807, 2.05) is 30.6 Å². The Kier molecular flexibility index (Phi) is 4.37. The highest BCUT2D eigenvalue weighted by molar-refractivity contribution is 6.30. The molecular formula is C20H23ClN2. The van der Waals surface area contributed by atoms with Crippen LogP contribution in [-0.2, 0) is 6.54 Å². The summed E-state index contributed by atoms with van der Waals surface area (Å²) in [5.74, 6) is 2.31. The third-order valence-corrected chi connectivity index (χ3v) is 5.96. The topological polar surface area (TPSA) is 24.9 Å². The highest BCUT2D eigenvalue weighted by atomic mass is 35.5. The van der Waals surface area contributed by atoms with Gasteiger partial charge in [0.2, 0.25) is 0 Å². The van der Waals surface area contributed by atoms with Gasteiger partial charge in [-0.15, -0.1) is 0 Å². The van der Waals surface area contributed by atoms with Gasteiger partial charge in [0.25, 0.3) is 0 Å². The molecule has 120 valence electrons. The maximum Gasteiger partial charge on any atom is 0.0406 e. The summed E-state index contributed by atoms with van der Waals surface area (Å²) in [7, 11) is 0. The minimum Gasteiger partial charge on any atom is -0.309 e. The molecule has 2 aliphatic carbocycles. The molecule has 2 saturated carbocycles. The predicted octanol–water partition coefficient (Wildman–Crippen LogP) is 4.80. The van der Waals surface area contributed by atoms with E-state index >= 15 is 0 Å². The van der Waals surface area contributed by atoms with E-state index < -0.39 is 0 Å². The minimum absolute atomic E-state index is 0.585. The van der Waals surface area contributed by atoms with Crippen molar-refractivity contribution >= 4 is 11.6 Å². The standard InChI is InChI=1S/C20H23ClN2/c21-16-9-7-15(8-10-16)19-17-5-1-2-6-18(17)20(19)23-13-14-4-3-11-22-12-14/h3-4,7-12,17-20,23H,1-2,5-6,13H2/t17-,18-,19-,20-/m0/s1. The molecular weight excluding hydrogens is 304 g/mol. The Morgan fingerprint density at radius 1 is 1.04 bits per heavy atom. The summed E-state index contributed by atoms with van der Waals surface area (Å²) in [5, 5.41) is 4.65. The van der Waals surface area contributed by atoms with Crippen molar-refractivity contribution < 1.29 is 0 Å². The van der Waals surface area contributed by atoms with E-state index in [2.05, 4.69) is 28.5 Å². The summed E-state index contributed by atoms with van der Waals surface area (Å²) in [5.41, 5.74) is 2.71. The van der Waals surface area contributed by atoms with Crippen LogP contribution in [0.5, 0.6) is 0 Å². The Labute approximate surface area is 143 Å². The first-order chi connectivity index (χ1) is 11.3. The summed E-state index contributed by atoms with van der Waals surface area (Å²) < 4.78 is 0. The monoisotopic (exact) mass is 326 g/mol. The predicted molar refractivity (Wildman–Crippen MR) is 94.5 cm³/mol. The lowest BCUT2D eigenvalue weighted by Crippen LogP contribution is -2.57. The Balaban J connectivity index is 1.51. The van der Waals surface area contributed by atoms with Crippen LogP contribution in [0.2, 0.25) is 5.02 Å². The van der Waals surface area contributed by atoms with Gasteiger partial charge < -0.3 is 5.32 Å². The molecule has 2 aliphatic rings. The number of pyridine rings is 1. The molecule has 0 aliphatic heterocycles. The average Bonchev–Trinajstić information content (AvgIpc) is 2.59. The zero-order chi connectivity index (χ0) is 15.6. The van der Waals surface area contributed by atoms with Crippen LogP contribution in [0, 0.1) is 11.8 Å². The van der Waals surface area contributed by atoms with Crippen molar-refractivity contribution in [2.75, 3.05) is 0 Å². The Bertz CT molecular complexity index is 640. The number of hydrogen-bond acceptors (Lipinski definition) is 2. The quantitative estimate of drug-likeness (QED) is 0.873. The second-order valence-corrected chi connectivity index (χ2v) is 7.39. The van der Waals surface area contributed by atoms with Crippen molar-refractivity contribution in [1.82, 2.24) is 10.3 Å². The Hall–Kier alpha value is -1.38. The van der Waals surface area contributed by atoms with Gasteiger partial charge in [0.15, 0.2) is 0 Å². The fourth-order valence-corrected chi connectivity index (χ4v) is 4.75. The molecule has 4 rings (SSSR count). The van der Waals surface area contributed by atoms with Gasteiger partial charge in [-0.2, -0.15) is 0 Å². The molecule has 0 bridgehead atoms. The molecule has 0 saturated heterocycles. The molecule has 1 heterocycles. The van der Waals surface area contributed by atoms with Crippen LogP contribution in [-0.4, -0.2) is 11.0 Å². The average molecular weight is 327 g/mol. The fraction of sp³-hybridized carbons (Fsp3) is 0.450. The molecule has 2 aromatic rings. The lowest BCUT2D eigenvalue weighted by atomic mass is 9.53. The molecule has 2 fully saturated rings. The first-order valence-electron chi connectivity index (χ1n) is 8.71. The van der Waals surface area contributed by atoms with E-state index in [1.54, 1.807) is 0 Å². The van der Waals surface area contributed by atoms with Gasteiger partial charge in [-0.3, -0.25) is 4.98 Å². The van der Waals surface area contributed by atoms with Gasteiger partial charge in [0, 0.05) is 35.9 Å². The highest BCUT2D eigenvalue weighted by Gasteiger charge is 2.50. The maximum atomic E-state index is 6.07. The lowest BCUT2D eigenvalue weighted by Gasteiger charge is -2.55. The van der Waals surface area contributed by atoms with Crippen molar-refractivity contribution in [2.45, 2.75) is 44.2 Å². The van der Waals surface area contributed by atoms with Crippen LogP contribution in [0.1, 0.15) is 42.7 Å². The molecule has 1 aromatic carbocycles. The van der Waals surface area contributed by atoms with Crippen LogP contribution in [0.3, 0.4) is 0 Å². The van der Waals surface area contributed by atoms with E-state index in [4.69, 9.17) is 11.6 Å². The van der Waals surface area contributed by atoms with Gasteiger partial charge in [-0.1, -0.05) is 42.6 Å². The zero-order valence-electron chi connectivity index (χ0n) is 13.3. The van der Waals surface area contributed by atoms with Gasteiger partial charge in [-0.05, 0) is 54.0 Å². The van der Waals surface area contributed by atoms with Gasteiger partial charge >= 0.3 is 0 Å². The normalized spacial score (nSPS) is 29.6. The van der Waals surface area contributed by atoms with Crippen LogP contribution in [0.25, 0.3) is 0 Å². The van der Waals surface area contributed by atoms with E-state index in [-0.39, 0.29) is 0 Å². The van der Waals surface area contributed by atoms with Crippen LogP contribution < -0.4 is 5.32 Å². The van der Waals surface area contributed by atoms with Gasteiger partial charge in [-0.25, -0.2) is 0 Å². The number of nitrogens with zero attached hydrogens (tertiary/aromatic N) is 1. The smallest absolute Gasteiger partial charge is 0.0406 e. The largest absolute Gasteiger partial charge is 0.309 e. The van der Waals surface area contributed by atoms with Crippen molar-refractivity contribution in [3.05, 3.63) is 64.9 Å². The number of hydrogen-bond donors (Lipinski definition) is 1. The maximum absolute atomic E-state index is 6.07. The highest BCUT2D eigenvalue weighted by Crippen LogP contribution is 2.54. The fourth-order valence-electron chi connectivity index (χ4n) is 4.62. The summed E-state index contributed by atoms with van der Waals surface area (Å²) in [4.78, 5) is 4.22. The number of benzene rings is 1. The van der Waals surface area contributed by atoms with Crippen molar-refractivity contribution in [1.29, 1.82) is 0 Å². The Morgan fingerprint density at radius 3 is 2.57 bits per heavy atom. The minimum atomic E-state index is 0.585. The van der Waals surface area contributed by atoms with Crippen LogP contribution in [0.4, 0.5) is 0 Å². The summed E-state index contributed by atoms with van der Waals surface area (Å²) in [6.45, 7) is 0.909. The molecule has 1 aromatic heterocycles. The lowest BCUT2D eigenvalue weighted by molar-refractivity contribution is 0.0254. The van der Waals surface area contributed by atoms with Crippen molar-refractivity contribution in [3.8, 4) is 0 Å². The van der Waals surface area contributed by atoms with Gasteiger partial charge in [0.1, 0.15) is 0 Å². The zero-order valence-corrected chi connectivity index (χ0v) is 14.0. The summed E-state index contributed by atoms with van der Waals surface area (Å²) >= 11 is 6.07. The third-order valence-electron chi connectivity index (χ3n) is 5.70. The molecule has 4 atom stereocenters. The summed E-state index contributed by atoms with van der Waals surface area (Å²) in [6, 6.07) is 13.2. The van der Waals surface area contributed by atoms with Crippen LogP contribution in [0.15, 0.2) is 48.8 Å². The number of nitrogens with one attached hydrogen (secondary N) is 1.